The molecule has 0 fully saturated rings. The molecule has 0 aliphatic rings. The van der Waals surface area contributed by atoms with Gasteiger partial charge in [-0.05, 0) is 25.1 Å². The fourth-order valence-electron chi connectivity index (χ4n) is 2.13. The lowest BCUT2D eigenvalue weighted by Crippen LogP contribution is -2.01. The number of rotatable bonds is 3. The van der Waals surface area contributed by atoms with E-state index in [-0.39, 0.29) is 5.69 Å². The van der Waals surface area contributed by atoms with E-state index in [9.17, 15) is 9.90 Å². The molecule has 0 saturated carbocycles. The number of hydrogen-bond donors (Lipinski definition) is 1. The average molecular weight is 299 g/mol. The van der Waals surface area contributed by atoms with Gasteiger partial charge in [0.25, 0.3) is 0 Å². The summed E-state index contributed by atoms with van der Waals surface area (Å²) in [5.41, 5.74) is 1.66. The normalized spacial score (nSPS) is 11.0. The number of aromatic nitrogens is 3. The molecule has 5 nitrogen and oxygen atoms in total. The zero-order chi connectivity index (χ0) is 15.0. The maximum Gasteiger partial charge on any atom is 0.354 e. The van der Waals surface area contributed by atoms with E-state index < -0.39 is 5.97 Å². The van der Waals surface area contributed by atoms with Crippen LogP contribution in [-0.4, -0.2) is 25.8 Å². The molecule has 3 aromatic rings. The highest BCUT2D eigenvalue weighted by atomic mass is 32.2. The summed E-state index contributed by atoms with van der Waals surface area (Å²) in [5, 5.41) is 15.4. The van der Waals surface area contributed by atoms with Gasteiger partial charge in [0, 0.05) is 17.3 Å². The second-order valence-corrected chi connectivity index (χ2v) is 5.74. The number of carboxylic acids is 1. The lowest BCUT2D eigenvalue weighted by molar-refractivity contribution is 0.0690. The van der Waals surface area contributed by atoms with Crippen molar-refractivity contribution in [3.05, 3.63) is 47.8 Å². The number of carbonyl (C=O) groups is 1. The van der Waals surface area contributed by atoms with Gasteiger partial charge < -0.3 is 5.11 Å². The van der Waals surface area contributed by atoms with Gasteiger partial charge in [-0.15, -0.1) is 0 Å². The fourth-order valence-corrected chi connectivity index (χ4v) is 3.21. The van der Waals surface area contributed by atoms with Crippen molar-refractivity contribution in [2.75, 3.05) is 0 Å². The topological polar surface area (TPSA) is 68.0 Å². The van der Waals surface area contributed by atoms with Crippen molar-refractivity contribution in [1.82, 2.24) is 14.8 Å². The van der Waals surface area contributed by atoms with Crippen LogP contribution >= 0.6 is 11.8 Å². The number of hydrogen-bond acceptors (Lipinski definition) is 4. The standard InChI is InChI=1S/C15H13N3O2S/c1-9-7-14(18(2)17-9)21-13-8-12(15(19)20)16-11-6-4-3-5-10(11)13/h3-8H,1-2H3,(H,19,20). The summed E-state index contributed by atoms with van der Waals surface area (Å²) in [4.78, 5) is 16.3. The first kappa shape index (κ1) is 13.6. The summed E-state index contributed by atoms with van der Waals surface area (Å²) >= 11 is 1.49. The smallest absolute Gasteiger partial charge is 0.354 e. The fraction of sp³-hybridized carbons (Fsp3) is 0.133. The summed E-state index contributed by atoms with van der Waals surface area (Å²) in [6.45, 7) is 1.93. The summed E-state index contributed by atoms with van der Waals surface area (Å²) in [6.07, 6.45) is 0. The molecule has 1 N–H and O–H groups in total. The molecule has 0 unspecified atom stereocenters. The van der Waals surface area contributed by atoms with Gasteiger partial charge in [-0.1, -0.05) is 30.0 Å². The van der Waals surface area contributed by atoms with Gasteiger partial charge >= 0.3 is 5.97 Å². The lowest BCUT2D eigenvalue weighted by Gasteiger charge is -2.07. The van der Waals surface area contributed by atoms with E-state index in [1.165, 1.54) is 11.8 Å². The maximum absolute atomic E-state index is 11.2. The zero-order valence-electron chi connectivity index (χ0n) is 11.6. The molecule has 2 heterocycles. The van der Waals surface area contributed by atoms with Gasteiger partial charge in [-0.2, -0.15) is 5.10 Å². The van der Waals surface area contributed by atoms with Crippen molar-refractivity contribution in [3.8, 4) is 0 Å². The first-order chi connectivity index (χ1) is 10.0. The monoisotopic (exact) mass is 299 g/mol. The van der Waals surface area contributed by atoms with Crippen molar-refractivity contribution < 1.29 is 9.90 Å². The number of fused-ring (bicyclic) bond motifs is 1. The molecule has 1 aromatic carbocycles. The first-order valence-corrected chi connectivity index (χ1v) is 7.18. The highest BCUT2D eigenvalue weighted by Crippen LogP contribution is 2.33. The molecule has 0 atom stereocenters. The molecule has 21 heavy (non-hydrogen) atoms. The largest absolute Gasteiger partial charge is 0.477 e. The highest BCUT2D eigenvalue weighted by molar-refractivity contribution is 7.99. The number of carboxylic acid groups (broad SMARTS) is 1. The Hall–Kier alpha value is -2.34. The molecule has 106 valence electrons. The van der Waals surface area contributed by atoms with E-state index in [1.807, 2.05) is 44.3 Å². The van der Waals surface area contributed by atoms with Crippen LogP contribution in [0.1, 0.15) is 16.2 Å². The van der Waals surface area contributed by atoms with Crippen molar-refractivity contribution in [1.29, 1.82) is 0 Å². The third kappa shape index (κ3) is 2.62. The summed E-state index contributed by atoms with van der Waals surface area (Å²) in [6, 6.07) is 11.1. The Morgan fingerprint density at radius 2 is 2.05 bits per heavy atom. The number of aryl methyl sites for hydroxylation is 2. The molecule has 0 spiro atoms. The van der Waals surface area contributed by atoms with E-state index in [0.29, 0.717) is 5.52 Å². The maximum atomic E-state index is 11.2. The van der Waals surface area contributed by atoms with Crippen LogP contribution in [0.4, 0.5) is 0 Å². The number of nitrogens with zero attached hydrogens (tertiary/aromatic N) is 3. The van der Waals surface area contributed by atoms with Crippen LogP contribution in [0.25, 0.3) is 10.9 Å². The molecular weight excluding hydrogens is 286 g/mol. The van der Waals surface area contributed by atoms with Crippen LogP contribution in [0.15, 0.2) is 46.3 Å². The Bertz CT molecular complexity index is 842. The second-order valence-electron chi connectivity index (χ2n) is 4.68. The predicted molar refractivity (Wildman–Crippen MR) is 80.8 cm³/mol. The molecular formula is C15H13N3O2S. The van der Waals surface area contributed by atoms with Gasteiger partial charge in [0.05, 0.1) is 16.2 Å². The van der Waals surface area contributed by atoms with E-state index in [0.717, 1.165) is 21.0 Å². The Labute approximate surface area is 125 Å². The van der Waals surface area contributed by atoms with Crippen LogP contribution in [0, 0.1) is 6.92 Å². The molecule has 0 amide bonds. The summed E-state index contributed by atoms with van der Waals surface area (Å²) in [7, 11) is 1.87. The second kappa shape index (κ2) is 5.21. The van der Waals surface area contributed by atoms with Crippen molar-refractivity contribution in [3.63, 3.8) is 0 Å². The number of para-hydroxylation sites is 1. The molecule has 0 radical (unpaired) electrons. The molecule has 3 rings (SSSR count). The minimum atomic E-state index is -1.02. The quantitative estimate of drug-likeness (QED) is 0.804. The third-order valence-corrected chi connectivity index (χ3v) is 4.22. The van der Waals surface area contributed by atoms with Crippen LogP contribution in [-0.2, 0) is 7.05 Å². The van der Waals surface area contributed by atoms with E-state index in [2.05, 4.69) is 10.1 Å². The Morgan fingerprint density at radius 3 is 2.71 bits per heavy atom. The molecule has 6 heteroatoms. The minimum absolute atomic E-state index is 0.0510. The van der Waals surface area contributed by atoms with E-state index in [4.69, 9.17) is 0 Å². The van der Waals surface area contributed by atoms with Gasteiger partial charge in [0.1, 0.15) is 5.69 Å². The molecule has 0 bridgehead atoms. The minimum Gasteiger partial charge on any atom is -0.477 e. The Balaban J connectivity index is 2.16. The number of aromatic carboxylic acids is 1. The Kier molecular flexibility index (Phi) is 3.39. The Morgan fingerprint density at radius 1 is 1.29 bits per heavy atom. The molecule has 0 saturated heterocycles. The summed E-state index contributed by atoms with van der Waals surface area (Å²) < 4.78 is 1.79. The van der Waals surface area contributed by atoms with Crippen molar-refractivity contribution >= 4 is 28.6 Å². The number of benzene rings is 1. The van der Waals surface area contributed by atoms with Crippen molar-refractivity contribution in [2.24, 2.45) is 7.05 Å². The van der Waals surface area contributed by atoms with Crippen LogP contribution < -0.4 is 0 Å². The summed E-state index contributed by atoms with van der Waals surface area (Å²) in [5.74, 6) is -1.02. The van der Waals surface area contributed by atoms with Gasteiger partial charge in [-0.3, -0.25) is 4.68 Å². The van der Waals surface area contributed by atoms with Gasteiger partial charge in [0.2, 0.25) is 0 Å². The van der Waals surface area contributed by atoms with Gasteiger partial charge in [-0.25, -0.2) is 9.78 Å². The van der Waals surface area contributed by atoms with Crippen LogP contribution in [0.5, 0.6) is 0 Å². The first-order valence-electron chi connectivity index (χ1n) is 6.36. The lowest BCUT2D eigenvalue weighted by atomic mass is 10.2. The zero-order valence-corrected chi connectivity index (χ0v) is 12.4. The van der Waals surface area contributed by atoms with E-state index >= 15 is 0 Å². The van der Waals surface area contributed by atoms with Crippen molar-refractivity contribution in [2.45, 2.75) is 16.8 Å². The molecule has 0 aliphatic carbocycles. The molecule has 2 aromatic heterocycles. The van der Waals surface area contributed by atoms with Crippen LogP contribution in [0.2, 0.25) is 0 Å². The molecule has 0 aliphatic heterocycles. The SMILES string of the molecule is Cc1cc(Sc2cc(C(=O)O)nc3ccccc23)n(C)n1. The average Bonchev–Trinajstić information content (AvgIpc) is 2.76. The van der Waals surface area contributed by atoms with Gasteiger partial charge in [0.15, 0.2) is 0 Å². The highest BCUT2D eigenvalue weighted by Gasteiger charge is 2.13. The number of pyridine rings is 1. The van der Waals surface area contributed by atoms with E-state index in [1.54, 1.807) is 10.7 Å². The predicted octanol–water partition coefficient (Wildman–Crippen LogP) is 3.13. The van der Waals surface area contributed by atoms with Crippen LogP contribution in [0.3, 0.4) is 0 Å². The third-order valence-electron chi connectivity index (χ3n) is 3.07.